The van der Waals surface area contributed by atoms with Gasteiger partial charge in [-0.05, 0) is 90.3 Å². The molecule has 1 aliphatic heterocycles. The molecule has 0 aromatic heterocycles. The van der Waals surface area contributed by atoms with Gasteiger partial charge in [0.2, 0.25) is 0 Å². The van der Waals surface area contributed by atoms with Crippen molar-refractivity contribution in [3.63, 3.8) is 0 Å². The average molecular weight is 493 g/mol. The van der Waals surface area contributed by atoms with E-state index in [2.05, 4.69) is 83.1 Å². The molecular formula is C34H68O. The number of hydrogen-bond donors (Lipinski definition) is 0. The van der Waals surface area contributed by atoms with Crippen LogP contribution in [0.5, 0.6) is 0 Å². The molecule has 0 radical (unpaired) electrons. The van der Waals surface area contributed by atoms with Crippen molar-refractivity contribution < 1.29 is 4.74 Å². The topological polar surface area (TPSA) is 9.23 Å². The largest absolute Gasteiger partial charge is 0.381 e. The van der Waals surface area contributed by atoms with Gasteiger partial charge in [0, 0.05) is 13.2 Å². The van der Waals surface area contributed by atoms with Crippen molar-refractivity contribution >= 4 is 0 Å². The summed E-state index contributed by atoms with van der Waals surface area (Å²) in [6, 6.07) is 0. The van der Waals surface area contributed by atoms with Crippen LogP contribution in [-0.4, -0.2) is 13.2 Å². The van der Waals surface area contributed by atoms with Gasteiger partial charge in [-0.25, -0.2) is 0 Å². The molecule has 0 atom stereocenters. The van der Waals surface area contributed by atoms with Crippen LogP contribution < -0.4 is 0 Å². The van der Waals surface area contributed by atoms with E-state index in [9.17, 15) is 0 Å². The van der Waals surface area contributed by atoms with Crippen LogP contribution >= 0.6 is 0 Å². The second kappa shape index (κ2) is 14.8. The molecular weight excluding hydrogens is 424 g/mol. The Hall–Kier alpha value is -0.0400. The van der Waals surface area contributed by atoms with Crippen LogP contribution in [0.2, 0.25) is 0 Å². The van der Waals surface area contributed by atoms with Crippen LogP contribution in [0.1, 0.15) is 154 Å². The lowest BCUT2D eigenvalue weighted by atomic mass is 9.61. The third-order valence-electron chi connectivity index (χ3n) is 11.6. The minimum atomic E-state index is 0.554. The van der Waals surface area contributed by atoms with E-state index in [1.807, 2.05) is 0 Å². The van der Waals surface area contributed by atoms with Gasteiger partial charge in [-0.2, -0.15) is 0 Å². The molecule has 0 amide bonds. The Morgan fingerprint density at radius 3 is 0.771 bits per heavy atom. The molecule has 3 aliphatic rings. The molecule has 1 nitrogen and oxygen atoms in total. The Morgan fingerprint density at radius 2 is 0.571 bits per heavy atom. The minimum absolute atomic E-state index is 0.554. The summed E-state index contributed by atoms with van der Waals surface area (Å²) in [7, 11) is 0. The number of ether oxygens (including phenoxy) is 1. The van der Waals surface area contributed by atoms with Gasteiger partial charge >= 0.3 is 0 Å². The third kappa shape index (κ3) is 8.22. The summed E-state index contributed by atoms with van der Waals surface area (Å²) in [6.45, 7) is 30.6. The van der Waals surface area contributed by atoms with E-state index in [4.69, 9.17) is 4.74 Å². The fourth-order valence-corrected chi connectivity index (χ4v) is 8.46. The molecule has 0 bridgehead atoms. The predicted molar refractivity (Wildman–Crippen MR) is 158 cm³/mol. The molecule has 210 valence electrons. The molecule has 1 saturated heterocycles. The minimum Gasteiger partial charge on any atom is -0.381 e. The highest BCUT2D eigenvalue weighted by Gasteiger charge is 2.40. The molecule has 2 aliphatic carbocycles. The first kappa shape index (κ1) is 33.0. The van der Waals surface area contributed by atoms with Gasteiger partial charge in [-0.3, -0.25) is 0 Å². The summed E-state index contributed by atoms with van der Waals surface area (Å²) in [5.41, 5.74) is 1.93. The second-order valence-corrected chi connectivity index (χ2v) is 14.5. The molecule has 1 heterocycles. The van der Waals surface area contributed by atoms with E-state index in [-0.39, 0.29) is 0 Å². The molecule has 0 spiro atoms. The molecule has 3 fully saturated rings. The van der Waals surface area contributed by atoms with E-state index in [0.717, 1.165) is 48.7 Å². The van der Waals surface area contributed by atoms with E-state index >= 15 is 0 Å². The highest BCUT2D eigenvalue weighted by Crippen LogP contribution is 2.50. The molecule has 2 saturated carbocycles. The standard InChI is InChI=1S/C12H24.C11H22O.C11H22/c1-10(2)12(11(3)4)8-6-5-7-9-12;1-9(2)11(10(3)4)5-7-12-8-6-11;1-9(2)11(10(3)4)7-5-6-8-11/h10-11H,5-9H2,1-4H3;9-10H,5-8H2,1-4H3;9-10H,5-8H2,1-4H3. The first-order chi connectivity index (χ1) is 16.3. The van der Waals surface area contributed by atoms with Crippen molar-refractivity contribution in [2.75, 3.05) is 13.2 Å². The van der Waals surface area contributed by atoms with Crippen LogP contribution in [0.3, 0.4) is 0 Å². The fourth-order valence-electron chi connectivity index (χ4n) is 8.46. The Labute approximate surface area is 223 Å². The lowest BCUT2D eigenvalue weighted by Gasteiger charge is -2.44. The third-order valence-corrected chi connectivity index (χ3v) is 11.6. The summed E-state index contributed by atoms with van der Waals surface area (Å²) in [5, 5.41) is 0. The predicted octanol–water partition coefficient (Wildman–Crippen LogP) is 11.2. The Balaban J connectivity index is 0.000000263. The van der Waals surface area contributed by atoms with Gasteiger partial charge in [0.25, 0.3) is 0 Å². The lowest BCUT2D eigenvalue weighted by Crippen LogP contribution is -2.38. The van der Waals surface area contributed by atoms with Crippen molar-refractivity contribution in [3.8, 4) is 0 Å². The summed E-state index contributed by atoms with van der Waals surface area (Å²) < 4.78 is 5.43. The molecule has 3 rings (SSSR count). The van der Waals surface area contributed by atoms with Crippen LogP contribution in [0, 0.1) is 51.8 Å². The van der Waals surface area contributed by atoms with Gasteiger partial charge in [-0.15, -0.1) is 0 Å². The first-order valence-electron chi connectivity index (χ1n) is 15.9. The zero-order valence-corrected chi connectivity index (χ0v) is 26.6. The highest BCUT2D eigenvalue weighted by atomic mass is 16.5. The van der Waals surface area contributed by atoms with Crippen LogP contribution in [0.15, 0.2) is 0 Å². The van der Waals surface area contributed by atoms with Gasteiger partial charge in [-0.1, -0.05) is 115 Å². The van der Waals surface area contributed by atoms with Crippen molar-refractivity contribution in [2.45, 2.75) is 154 Å². The molecule has 0 aromatic carbocycles. The number of rotatable bonds is 6. The monoisotopic (exact) mass is 493 g/mol. The smallest absolute Gasteiger partial charge is 0.0471 e. The fraction of sp³-hybridized carbons (Fsp3) is 1.00. The van der Waals surface area contributed by atoms with E-state index in [1.54, 1.807) is 0 Å². The van der Waals surface area contributed by atoms with E-state index < -0.39 is 0 Å². The summed E-state index contributed by atoms with van der Waals surface area (Å²) in [5.74, 6) is 5.09. The molecule has 1 heteroatoms. The Morgan fingerprint density at radius 1 is 0.343 bits per heavy atom. The Bertz CT molecular complexity index is 471. The van der Waals surface area contributed by atoms with E-state index in [0.29, 0.717) is 16.2 Å². The van der Waals surface area contributed by atoms with Gasteiger partial charge in [0.1, 0.15) is 0 Å². The Kier molecular flexibility index (Phi) is 13.9. The zero-order valence-electron chi connectivity index (χ0n) is 26.6. The SMILES string of the molecule is CC(C)C1(C(C)C)CCCC1.CC(C)C1(C(C)C)CCCCC1.CC(C)C1(C(C)C)CCOCC1. The van der Waals surface area contributed by atoms with Crippen molar-refractivity contribution in [2.24, 2.45) is 51.8 Å². The average Bonchev–Trinajstić information content (AvgIpc) is 3.32. The van der Waals surface area contributed by atoms with Crippen LogP contribution in [0.25, 0.3) is 0 Å². The molecule has 0 aromatic rings. The van der Waals surface area contributed by atoms with E-state index in [1.165, 1.54) is 70.6 Å². The maximum absolute atomic E-state index is 5.43. The molecule has 0 unspecified atom stereocenters. The quantitative estimate of drug-likeness (QED) is 0.358. The van der Waals surface area contributed by atoms with Crippen molar-refractivity contribution in [1.82, 2.24) is 0 Å². The number of hydrogen-bond acceptors (Lipinski definition) is 1. The maximum Gasteiger partial charge on any atom is 0.0471 e. The molecule has 0 N–H and O–H groups in total. The summed E-state index contributed by atoms with van der Waals surface area (Å²) in [6.07, 6.45) is 15.8. The van der Waals surface area contributed by atoms with Gasteiger partial charge < -0.3 is 4.74 Å². The highest BCUT2D eigenvalue weighted by molar-refractivity contribution is 4.90. The van der Waals surface area contributed by atoms with Gasteiger partial charge in [0.05, 0.1) is 0 Å². The molecule has 35 heavy (non-hydrogen) atoms. The van der Waals surface area contributed by atoms with Crippen molar-refractivity contribution in [3.05, 3.63) is 0 Å². The normalized spacial score (nSPS) is 23.5. The maximum atomic E-state index is 5.43. The van der Waals surface area contributed by atoms with Gasteiger partial charge in [0.15, 0.2) is 0 Å². The lowest BCUT2D eigenvalue weighted by molar-refractivity contribution is -0.0381. The van der Waals surface area contributed by atoms with Crippen molar-refractivity contribution in [1.29, 1.82) is 0 Å². The van der Waals surface area contributed by atoms with Crippen LogP contribution in [-0.2, 0) is 4.74 Å². The summed E-state index contributed by atoms with van der Waals surface area (Å²) >= 11 is 0. The van der Waals surface area contributed by atoms with Crippen LogP contribution in [0.4, 0.5) is 0 Å². The second-order valence-electron chi connectivity index (χ2n) is 14.5. The summed E-state index contributed by atoms with van der Waals surface area (Å²) in [4.78, 5) is 0. The first-order valence-corrected chi connectivity index (χ1v) is 15.9. The zero-order chi connectivity index (χ0) is 26.9.